The van der Waals surface area contributed by atoms with Crippen LogP contribution in [0.3, 0.4) is 0 Å². The number of amides is 2. The van der Waals surface area contributed by atoms with Gasteiger partial charge >= 0.3 is 5.97 Å². The van der Waals surface area contributed by atoms with Crippen molar-refractivity contribution in [3.63, 3.8) is 0 Å². The molecule has 2 aliphatic heterocycles. The molecule has 0 saturated carbocycles. The fraction of sp³-hybridized carbons (Fsp3) is 0.647. The number of fused-ring (bicyclic) bond motifs is 3. The number of allylic oxidation sites excluding steroid dienone is 2. The summed E-state index contributed by atoms with van der Waals surface area (Å²) in [4.78, 5) is 47.6. The van der Waals surface area contributed by atoms with Crippen molar-refractivity contribution in [1.82, 2.24) is 20.1 Å². The summed E-state index contributed by atoms with van der Waals surface area (Å²) >= 11 is 0. The third-order valence-corrected chi connectivity index (χ3v) is 10.9. The number of oxazole rings is 1. The van der Waals surface area contributed by atoms with Gasteiger partial charge in [0.15, 0.2) is 21.4 Å². The minimum Gasteiger partial charge on any atom is -0.460 e. The fourth-order valence-corrected chi connectivity index (χ4v) is 8.00. The van der Waals surface area contributed by atoms with Crippen molar-refractivity contribution in [2.24, 2.45) is 11.8 Å². The Bertz CT molecular complexity index is 1450. The maximum Gasteiger partial charge on any atom is 0.330 e. The van der Waals surface area contributed by atoms with Gasteiger partial charge in [0.2, 0.25) is 5.91 Å². The molecule has 2 aliphatic rings. The highest BCUT2D eigenvalue weighted by molar-refractivity contribution is 7.92. The number of hydrogen-bond acceptors (Lipinski definition) is 10. The molecule has 12 nitrogen and oxygen atoms in total. The van der Waals surface area contributed by atoms with Gasteiger partial charge in [-0.05, 0) is 38.4 Å². The normalized spacial score (nSPS) is 29.6. The Hall–Kier alpha value is -3.36. The zero-order chi connectivity index (χ0) is 35.6. The standard InChI is InChI=1S/C34H51FN4O8S/c1-7-38(8-2)16-17-48(44,45)28-13-15-39-31(28)34(43)47-32(22(3)4)24(6)11-12-29(41)36-14-9-10-23(5)18-26(40)19-25(35)20-30-37-27(21-46-30)33(39)42/h9-12,18,21-22,24-26,28,31-32,40H,7-8,13-17,19-20H2,1-6H3,(H,36,41)/b10-9+,12-11+,23-18+/t24-,25+,26-,28-,31-,32-/m1/s1. The van der Waals surface area contributed by atoms with Gasteiger partial charge in [0.1, 0.15) is 24.6 Å². The van der Waals surface area contributed by atoms with Crippen LogP contribution < -0.4 is 5.32 Å². The van der Waals surface area contributed by atoms with Gasteiger partial charge in [-0.2, -0.15) is 0 Å². The van der Waals surface area contributed by atoms with Gasteiger partial charge < -0.3 is 29.4 Å². The Labute approximate surface area is 283 Å². The number of rotatable bonds is 7. The first-order chi connectivity index (χ1) is 22.7. The average Bonchev–Trinajstić information content (AvgIpc) is 3.68. The molecular formula is C34H51FN4O8S. The number of cyclic esters (lactones) is 1. The lowest BCUT2D eigenvalue weighted by Gasteiger charge is -2.31. The molecule has 0 radical (unpaired) electrons. The van der Waals surface area contributed by atoms with Gasteiger partial charge in [0, 0.05) is 32.0 Å². The van der Waals surface area contributed by atoms with E-state index < -0.39 is 57.3 Å². The predicted molar refractivity (Wildman–Crippen MR) is 179 cm³/mol. The summed E-state index contributed by atoms with van der Waals surface area (Å²) in [6, 6.07) is -1.45. The van der Waals surface area contributed by atoms with Crippen LogP contribution >= 0.6 is 0 Å². The first kappa shape index (κ1) is 39.1. The topological polar surface area (TPSA) is 159 Å². The van der Waals surface area contributed by atoms with Crippen molar-refractivity contribution < 1.29 is 41.5 Å². The van der Waals surface area contributed by atoms with E-state index in [0.29, 0.717) is 18.7 Å². The molecule has 1 saturated heterocycles. The maximum atomic E-state index is 14.9. The largest absolute Gasteiger partial charge is 0.460 e. The van der Waals surface area contributed by atoms with Gasteiger partial charge in [-0.3, -0.25) is 9.59 Å². The highest BCUT2D eigenvalue weighted by Crippen LogP contribution is 2.30. The molecule has 6 atom stereocenters. The van der Waals surface area contributed by atoms with E-state index in [2.05, 4.69) is 10.3 Å². The summed E-state index contributed by atoms with van der Waals surface area (Å²) in [5.41, 5.74) is 0.476. The molecule has 14 heteroatoms. The third-order valence-electron chi connectivity index (χ3n) is 8.77. The molecule has 3 heterocycles. The van der Waals surface area contributed by atoms with E-state index in [1.54, 1.807) is 32.1 Å². The van der Waals surface area contributed by atoms with Gasteiger partial charge in [-0.1, -0.05) is 64.5 Å². The number of nitrogens with zero attached hydrogens (tertiary/aromatic N) is 3. The first-order valence-corrected chi connectivity index (χ1v) is 18.4. The molecule has 268 valence electrons. The zero-order valence-electron chi connectivity index (χ0n) is 28.8. The minimum atomic E-state index is -3.88. The number of hydrogen-bond donors (Lipinski definition) is 2. The van der Waals surface area contributed by atoms with E-state index in [-0.39, 0.29) is 68.1 Å². The zero-order valence-corrected chi connectivity index (χ0v) is 29.6. The Morgan fingerprint density at radius 3 is 2.56 bits per heavy atom. The second kappa shape index (κ2) is 17.9. The van der Waals surface area contributed by atoms with Crippen LogP contribution in [-0.4, -0.2) is 114 Å². The van der Waals surface area contributed by atoms with Crippen LogP contribution in [0.4, 0.5) is 4.39 Å². The molecule has 3 rings (SSSR count). The monoisotopic (exact) mass is 694 g/mol. The van der Waals surface area contributed by atoms with Crippen LogP contribution in [-0.2, 0) is 30.6 Å². The maximum absolute atomic E-state index is 14.9. The predicted octanol–water partition coefficient (Wildman–Crippen LogP) is 3.04. The van der Waals surface area contributed by atoms with E-state index in [9.17, 15) is 32.3 Å². The molecular weight excluding hydrogens is 643 g/mol. The number of sulfone groups is 1. The quantitative estimate of drug-likeness (QED) is 0.407. The van der Waals surface area contributed by atoms with Crippen molar-refractivity contribution >= 4 is 27.6 Å². The smallest absolute Gasteiger partial charge is 0.330 e. The number of aliphatic hydroxyl groups excluding tert-OH is 1. The van der Waals surface area contributed by atoms with E-state index in [0.717, 1.165) is 11.2 Å². The molecule has 1 aromatic rings. The van der Waals surface area contributed by atoms with Crippen LogP contribution in [0.5, 0.6) is 0 Å². The Morgan fingerprint density at radius 1 is 1.19 bits per heavy atom. The number of aliphatic hydroxyl groups is 1. The molecule has 0 aromatic carbocycles. The number of ether oxygens (including phenoxy) is 1. The van der Waals surface area contributed by atoms with Crippen molar-refractivity contribution in [2.75, 3.05) is 38.5 Å². The minimum absolute atomic E-state index is 0.0184. The lowest BCUT2D eigenvalue weighted by Crippen LogP contribution is -2.50. The van der Waals surface area contributed by atoms with Crippen LogP contribution in [0.25, 0.3) is 0 Å². The second-order valence-electron chi connectivity index (χ2n) is 12.8. The molecule has 2 N–H and O–H groups in total. The lowest BCUT2D eigenvalue weighted by molar-refractivity contribution is -0.157. The summed E-state index contributed by atoms with van der Waals surface area (Å²) in [6.45, 7) is 12.8. The molecule has 2 bridgehead atoms. The van der Waals surface area contributed by atoms with Crippen molar-refractivity contribution in [3.8, 4) is 0 Å². The molecule has 0 unspecified atom stereocenters. The third kappa shape index (κ3) is 10.8. The SMILES string of the molecule is CCN(CC)CCS(=O)(=O)[C@@H]1CCN2C(=O)c3coc(n3)C[C@@H](F)C[C@H](O)/C=C(C)/C=C/CNC(=O)/C=C/[C@@H](C)[C@@H](C(C)C)OC(=O)[C@@H]12. The highest BCUT2D eigenvalue weighted by atomic mass is 32.2. The number of alkyl halides is 1. The van der Waals surface area contributed by atoms with Crippen LogP contribution in [0.15, 0.2) is 46.6 Å². The molecule has 0 spiro atoms. The summed E-state index contributed by atoms with van der Waals surface area (Å²) in [7, 11) is -3.88. The van der Waals surface area contributed by atoms with E-state index in [1.165, 1.54) is 12.2 Å². The summed E-state index contributed by atoms with van der Waals surface area (Å²) < 4.78 is 53.8. The Kier molecular flexibility index (Phi) is 14.5. The van der Waals surface area contributed by atoms with Crippen molar-refractivity contribution in [3.05, 3.63) is 53.8 Å². The lowest BCUT2D eigenvalue weighted by atomic mass is 9.94. The van der Waals surface area contributed by atoms with Crippen LogP contribution in [0, 0.1) is 11.8 Å². The fourth-order valence-electron chi connectivity index (χ4n) is 6.07. The van der Waals surface area contributed by atoms with Crippen LogP contribution in [0.1, 0.15) is 70.8 Å². The van der Waals surface area contributed by atoms with E-state index >= 15 is 0 Å². The Morgan fingerprint density at radius 2 is 1.90 bits per heavy atom. The molecule has 1 aromatic heterocycles. The van der Waals surface area contributed by atoms with Gasteiger partial charge in [0.05, 0.1) is 23.5 Å². The summed E-state index contributed by atoms with van der Waals surface area (Å²) in [5.74, 6) is -2.90. The number of aromatic nitrogens is 1. The molecule has 0 aliphatic carbocycles. The molecule has 1 fully saturated rings. The number of carbonyl (C=O) groups is 3. The summed E-state index contributed by atoms with van der Waals surface area (Å²) in [6.07, 6.45) is 4.98. The van der Waals surface area contributed by atoms with Crippen molar-refractivity contribution in [1.29, 1.82) is 0 Å². The van der Waals surface area contributed by atoms with E-state index in [4.69, 9.17) is 9.15 Å². The number of carbonyl (C=O) groups excluding carboxylic acids is 3. The van der Waals surface area contributed by atoms with Gasteiger partial charge in [0.25, 0.3) is 5.91 Å². The van der Waals surface area contributed by atoms with Gasteiger partial charge in [-0.15, -0.1) is 0 Å². The number of halogens is 1. The number of nitrogens with one attached hydrogen (secondary N) is 1. The van der Waals surface area contributed by atoms with E-state index in [1.807, 2.05) is 32.6 Å². The average molecular weight is 695 g/mol. The summed E-state index contributed by atoms with van der Waals surface area (Å²) in [5, 5.41) is 11.9. The molecule has 2 amide bonds. The second-order valence-corrected chi connectivity index (χ2v) is 15.2. The Balaban J connectivity index is 2.00. The first-order valence-electron chi connectivity index (χ1n) is 16.7. The van der Waals surface area contributed by atoms with Gasteiger partial charge in [-0.25, -0.2) is 22.6 Å². The van der Waals surface area contributed by atoms with Crippen LogP contribution in [0.2, 0.25) is 0 Å². The molecule has 48 heavy (non-hydrogen) atoms. The number of esters is 1. The highest BCUT2D eigenvalue weighted by Gasteiger charge is 2.50. The van der Waals surface area contributed by atoms with Crippen molar-refractivity contribution in [2.45, 2.75) is 90.5 Å².